The fourth-order valence-electron chi connectivity index (χ4n) is 3.29. The molecule has 0 aliphatic heterocycles. The molecule has 1 aromatic carbocycles. The molecule has 1 amide bonds. The van der Waals surface area contributed by atoms with Crippen molar-refractivity contribution in [3.8, 4) is 0 Å². The predicted octanol–water partition coefficient (Wildman–Crippen LogP) is 4.42. The van der Waals surface area contributed by atoms with Crippen LogP contribution in [0.1, 0.15) is 21.7 Å². The van der Waals surface area contributed by atoms with E-state index in [1.54, 1.807) is 4.90 Å². The summed E-state index contributed by atoms with van der Waals surface area (Å²) in [6, 6.07) is 9.55. The second-order valence-electron chi connectivity index (χ2n) is 7.25. The third kappa shape index (κ3) is 3.61. The first-order chi connectivity index (χ1) is 13.9. The Kier molecular flexibility index (Phi) is 5.29. The van der Waals surface area contributed by atoms with E-state index in [9.17, 15) is 4.79 Å². The average Bonchev–Trinajstić information content (AvgIpc) is 3.25. The quantitative estimate of drug-likeness (QED) is 0.473. The Morgan fingerprint density at radius 2 is 1.93 bits per heavy atom. The van der Waals surface area contributed by atoms with Crippen LogP contribution in [0.25, 0.3) is 15.9 Å². The van der Waals surface area contributed by atoms with Gasteiger partial charge in [-0.05, 0) is 57.8 Å². The molecular weight excluding hydrogens is 406 g/mol. The van der Waals surface area contributed by atoms with Crippen molar-refractivity contribution in [1.82, 2.24) is 19.3 Å². The molecule has 29 heavy (non-hydrogen) atoms. The molecule has 0 saturated heterocycles. The van der Waals surface area contributed by atoms with E-state index in [4.69, 9.17) is 16.6 Å². The SMILES string of the molecule is Cc1nc2ccccn2c1C(=O)N(CCN(C)C)c1nc2c(C)c(Cl)ccc2s1. The number of pyridine rings is 1. The number of imidazole rings is 1. The van der Waals surface area contributed by atoms with E-state index in [1.165, 1.54) is 11.3 Å². The van der Waals surface area contributed by atoms with E-state index in [0.717, 1.165) is 28.0 Å². The van der Waals surface area contributed by atoms with E-state index in [1.807, 2.05) is 68.9 Å². The molecule has 0 saturated carbocycles. The Hall–Kier alpha value is -2.48. The van der Waals surface area contributed by atoms with Crippen LogP contribution in [0.3, 0.4) is 0 Å². The molecule has 0 fully saturated rings. The van der Waals surface area contributed by atoms with Crippen molar-refractivity contribution in [2.24, 2.45) is 0 Å². The minimum Gasteiger partial charge on any atom is -0.308 e. The normalized spacial score (nSPS) is 11.7. The summed E-state index contributed by atoms with van der Waals surface area (Å²) in [5.74, 6) is -0.106. The van der Waals surface area contributed by atoms with Gasteiger partial charge in [0.15, 0.2) is 5.13 Å². The minimum absolute atomic E-state index is 0.106. The lowest BCUT2D eigenvalue weighted by molar-refractivity contribution is 0.0979. The van der Waals surface area contributed by atoms with Gasteiger partial charge in [0.05, 0.1) is 15.9 Å². The van der Waals surface area contributed by atoms with Gasteiger partial charge in [0.2, 0.25) is 0 Å². The third-order valence-corrected chi connectivity index (χ3v) is 6.34. The summed E-state index contributed by atoms with van der Waals surface area (Å²) in [5.41, 5.74) is 3.80. The Morgan fingerprint density at radius 1 is 1.14 bits per heavy atom. The predicted molar refractivity (Wildman–Crippen MR) is 120 cm³/mol. The van der Waals surface area contributed by atoms with Gasteiger partial charge in [0, 0.05) is 24.3 Å². The first kappa shape index (κ1) is 19.8. The van der Waals surface area contributed by atoms with E-state index >= 15 is 0 Å². The Bertz CT molecular complexity index is 1210. The number of carbonyl (C=O) groups excluding carboxylic acids is 1. The molecule has 8 heteroatoms. The molecule has 0 N–H and O–H groups in total. The molecule has 0 bridgehead atoms. The molecule has 0 spiro atoms. The fourth-order valence-corrected chi connectivity index (χ4v) is 4.49. The fraction of sp³-hybridized carbons (Fsp3) is 0.286. The van der Waals surface area contributed by atoms with E-state index in [2.05, 4.69) is 9.88 Å². The van der Waals surface area contributed by atoms with E-state index in [0.29, 0.717) is 28.1 Å². The van der Waals surface area contributed by atoms with Crippen molar-refractivity contribution in [3.63, 3.8) is 0 Å². The van der Waals surface area contributed by atoms with Crippen LogP contribution in [0.15, 0.2) is 36.5 Å². The van der Waals surface area contributed by atoms with Crippen LogP contribution >= 0.6 is 22.9 Å². The van der Waals surface area contributed by atoms with Crippen molar-refractivity contribution < 1.29 is 4.79 Å². The zero-order valence-electron chi connectivity index (χ0n) is 16.8. The summed E-state index contributed by atoms with van der Waals surface area (Å²) in [4.78, 5) is 26.8. The van der Waals surface area contributed by atoms with Gasteiger partial charge in [0.25, 0.3) is 5.91 Å². The molecule has 6 nitrogen and oxygen atoms in total. The number of hydrogen-bond donors (Lipinski definition) is 0. The molecule has 3 aromatic heterocycles. The molecule has 150 valence electrons. The van der Waals surface area contributed by atoms with Crippen molar-refractivity contribution in [2.45, 2.75) is 13.8 Å². The van der Waals surface area contributed by atoms with Gasteiger partial charge in [-0.15, -0.1) is 0 Å². The zero-order chi connectivity index (χ0) is 20.7. The van der Waals surface area contributed by atoms with Crippen molar-refractivity contribution in [3.05, 3.63) is 58.5 Å². The maximum atomic E-state index is 13.7. The molecule has 0 radical (unpaired) electrons. The zero-order valence-corrected chi connectivity index (χ0v) is 18.4. The summed E-state index contributed by atoms with van der Waals surface area (Å²) in [7, 11) is 3.98. The number of hydrogen-bond acceptors (Lipinski definition) is 5. The van der Waals surface area contributed by atoms with Crippen molar-refractivity contribution in [2.75, 3.05) is 32.1 Å². The van der Waals surface area contributed by atoms with Gasteiger partial charge in [-0.25, -0.2) is 9.97 Å². The molecule has 0 aliphatic carbocycles. The first-order valence-corrected chi connectivity index (χ1v) is 10.5. The van der Waals surface area contributed by atoms with Crippen LogP contribution in [0, 0.1) is 13.8 Å². The van der Waals surface area contributed by atoms with E-state index < -0.39 is 0 Å². The van der Waals surface area contributed by atoms with Gasteiger partial charge in [-0.1, -0.05) is 29.0 Å². The number of thiazole rings is 1. The number of halogens is 1. The molecule has 4 aromatic rings. The second-order valence-corrected chi connectivity index (χ2v) is 8.67. The number of fused-ring (bicyclic) bond motifs is 2. The lowest BCUT2D eigenvalue weighted by atomic mass is 10.2. The van der Waals surface area contributed by atoms with Crippen LogP contribution in [0.2, 0.25) is 5.02 Å². The highest BCUT2D eigenvalue weighted by molar-refractivity contribution is 7.22. The highest BCUT2D eigenvalue weighted by atomic mass is 35.5. The van der Waals surface area contributed by atoms with Gasteiger partial charge >= 0.3 is 0 Å². The van der Waals surface area contributed by atoms with Gasteiger partial charge in [0.1, 0.15) is 11.3 Å². The van der Waals surface area contributed by atoms with Crippen LogP contribution < -0.4 is 4.90 Å². The summed E-state index contributed by atoms with van der Waals surface area (Å²) in [6.45, 7) is 5.07. The summed E-state index contributed by atoms with van der Waals surface area (Å²) >= 11 is 7.78. The monoisotopic (exact) mass is 427 g/mol. The topological polar surface area (TPSA) is 53.7 Å². The van der Waals surface area contributed by atoms with Crippen molar-refractivity contribution >= 4 is 49.8 Å². The van der Waals surface area contributed by atoms with Gasteiger partial charge in [-0.3, -0.25) is 14.1 Å². The number of benzene rings is 1. The maximum Gasteiger partial charge on any atom is 0.279 e. The molecule has 0 atom stereocenters. The standard InChI is InChI=1S/C21H22ClN5OS/c1-13-15(22)8-9-16-18(13)24-21(29-16)27(12-11-25(3)4)20(28)19-14(2)23-17-7-5-6-10-26(17)19/h5-10H,11-12H2,1-4H3. The number of carbonyl (C=O) groups is 1. The number of aryl methyl sites for hydroxylation is 2. The maximum absolute atomic E-state index is 13.7. The highest BCUT2D eigenvalue weighted by Crippen LogP contribution is 2.34. The Labute approximate surface area is 178 Å². The number of amides is 1. The van der Waals surface area contributed by atoms with E-state index in [-0.39, 0.29) is 5.91 Å². The van der Waals surface area contributed by atoms with Crippen LogP contribution in [0.4, 0.5) is 5.13 Å². The number of rotatable bonds is 5. The summed E-state index contributed by atoms with van der Waals surface area (Å²) < 4.78 is 2.86. The molecule has 3 heterocycles. The number of likely N-dealkylation sites (N-methyl/N-ethyl adjacent to an activating group) is 1. The molecule has 4 rings (SSSR count). The summed E-state index contributed by atoms with van der Waals surface area (Å²) in [5, 5.41) is 1.35. The minimum atomic E-state index is -0.106. The Balaban J connectivity index is 1.82. The number of aromatic nitrogens is 3. The lowest BCUT2D eigenvalue weighted by Gasteiger charge is -2.22. The number of nitrogens with zero attached hydrogens (tertiary/aromatic N) is 5. The largest absolute Gasteiger partial charge is 0.308 e. The Morgan fingerprint density at radius 3 is 2.69 bits per heavy atom. The molecule has 0 aliphatic rings. The summed E-state index contributed by atoms with van der Waals surface area (Å²) in [6.07, 6.45) is 1.87. The molecule has 0 unspecified atom stereocenters. The average molecular weight is 428 g/mol. The van der Waals surface area contributed by atoms with Crippen molar-refractivity contribution in [1.29, 1.82) is 0 Å². The van der Waals surface area contributed by atoms with Crippen LogP contribution in [-0.4, -0.2) is 52.4 Å². The molecular formula is C21H22ClN5OS. The third-order valence-electron chi connectivity index (χ3n) is 4.89. The lowest BCUT2D eigenvalue weighted by Crippen LogP contribution is -2.37. The van der Waals surface area contributed by atoms with Gasteiger partial charge < -0.3 is 4.90 Å². The first-order valence-electron chi connectivity index (χ1n) is 9.32. The highest BCUT2D eigenvalue weighted by Gasteiger charge is 2.26. The number of anilines is 1. The smallest absolute Gasteiger partial charge is 0.279 e. The van der Waals surface area contributed by atoms with Crippen LogP contribution in [0.5, 0.6) is 0 Å². The second kappa shape index (κ2) is 7.74. The van der Waals surface area contributed by atoms with Gasteiger partial charge in [-0.2, -0.15) is 0 Å². The van der Waals surface area contributed by atoms with Crippen LogP contribution in [-0.2, 0) is 0 Å².